The summed E-state index contributed by atoms with van der Waals surface area (Å²) in [6, 6.07) is 0.732. The van der Waals surface area contributed by atoms with Gasteiger partial charge in [0.15, 0.2) is 0 Å². The molecule has 0 atom stereocenters. The summed E-state index contributed by atoms with van der Waals surface area (Å²) >= 11 is 1.60. The Hall–Kier alpha value is -0.810. The van der Waals surface area contributed by atoms with Crippen molar-refractivity contribution in [2.24, 2.45) is 0 Å². The Labute approximate surface area is 113 Å². The topological polar surface area (TPSA) is 45.4 Å². The summed E-state index contributed by atoms with van der Waals surface area (Å²) in [6.07, 6.45) is 5.08. The van der Waals surface area contributed by atoms with Gasteiger partial charge in [-0.2, -0.15) is 4.37 Å². The van der Waals surface area contributed by atoms with E-state index >= 15 is 0 Å². The highest BCUT2D eigenvalue weighted by Crippen LogP contribution is 2.49. The number of anilines is 2. The van der Waals surface area contributed by atoms with Crippen LogP contribution in [0.1, 0.15) is 37.2 Å². The molecule has 1 aliphatic carbocycles. The molecule has 1 aromatic heterocycles. The van der Waals surface area contributed by atoms with Gasteiger partial charge in [-0.15, -0.1) is 0 Å². The number of hydrogen-bond acceptors (Lipinski definition) is 5. The van der Waals surface area contributed by atoms with Crippen molar-refractivity contribution in [3.63, 3.8) is 0 Å². The number of nitrogens with two attached hydrogens (primary N) is 1. The van der Waals surface area contributed by atoms with Crippen molar-refractivity contribution < 1.29 is 0 Å². The molecule has 0 bridgehead atoms. The Kier molecular flexibility index (Phi) is 3.20. The maximum absolute atomic E-state index is 6.03. The lowest BCUT2D eigenvalue weighted by atomic mass is 10.0. The van der Waals surface area contributed by atoms with E-state index in [1.54, 1.807) is 11.5 Å². The first-order valence-electron chi connectivity index (χ1n) is 6.83. The highest BCUT2D eigenvalue weighted by atomic mass is 32.1. The van der Waals surface area contributed by atoms with Crippen molar-refractivity contribution >= 4 is 22.4 Å². The normalized spacial score (nSPS) is 21.8. The molecule has 2 N–H and O–H groups in total. The zero-order chi connectivity index (χ0) is 12.7. The molecule has 2 fully saturated rings. The standard InChI is InChI=1S/C13H22N4S/c1-16(2)10-5-7-17(8-6-10)13-11(9-3-4-9)12(14)15-18-13/h9-10H,3-8H2,1-2H3,(H2,14,15). The van der Waals surface area contributed by atoms with E-state index in [0.29, 0.717) is 5.92 Å². The Balaban J connectivity index is 1.73. The van der Waals surface area contributed by atoms with Crippen molar-refractivity contribution in [2.75, 3.05) is 37.8 Å². The van der Waals surface area contributed by atoms with Gasteiger partial charge >= 0.3 is 0 Å². The molecule has 3 rings (SSSR count). The largest absolute Gasteiger partial charge is 0.383 e. The summed E-state index contributed by atoms with van der Waals surface area (Å²) in [5.41, 5.74) is 7.38. The van der Waals surface area contributed by atoms with E-state index in [0.717, 1.165) is 24.9 Å². The van der Waals surface area contributed by atoms with Gasteiger partial charge in [-0.3, -0.25) is 0 Å². The van der Waals surface area contributed by atoms with Gasteiger partial charge in [-0.1, -0.05) is 0 Å². The molecular formula is C13H22N4S. The molecule has 1 saturated heterocycles. The molecule has 18 heavy (non-hydrogen) atoms. The average Bonchev–Trinajstić information content (AvgIpc) is 3.13. The second-order valence-electron chi connectivity index (χ2n) is 5.74. The fourth-order valence-corrected chi connectivity index (χ4v) is 3.82. The van der Waals surface area contributed by atoms with E-state index in [9.17, 15) is 0 Å². The van der Waals surface area contributed by atoms with Crippen LogP contribution in [-0.4, -0.2) is 42.5 Å². The maximum Gasteiger partial charge on any atom is 0.142 e. The first kappa shape index (κ1) is 12.2. The molecule has 2 heterocycles. The van der Waals surface area contributed by atoms with Crippen LogP contribution in [0.5, 0.6) is 0 Å². The summed E-state index contributed by atoms with van der Waals surface area (Å²) in [5.74, 6) is 1.48. The minimum absolute atomic E-state index is 0.699. The number of nitrogens with zero attached hydrogens (tertiary/aromatic N) is 3. The minimum atomic E-state index is 0.699. The lowest BCUT2D eigenvalue weighted by Gasteiger charge is -2.36. The second-order valence-corrected chi connectivity index (χ2v) is 6.49. The molecule has 5 heteroatoms. The van der Waals surface area contributed by atoms with E-state index in [1.165, 1.54) is 36.2 Å². The number of piperidine rings is 1. The van der Waals surface area contributed by atoms with Crippen LogP contribution in [0.2, 0.25) is 0 Å². The Morgan fingerprint density at radius 2 is 1.89 bits per heavy atom. The molecular weight excluding hydrogens is 244 g/mol. The minimum Gasteiger partial charge on any atom is -0.383 e. The van der Waals surface area contributed by atoms with Gasteiger partial charge in [0.05, 0.1) is 0 Å². The number of rotatable bonds is 3. The Morgan fingerprint density at radius 1 is 1.22 bits per heavy atom. The summed E-state index contributed by atoms with van der Waals surface area (Å²) in [6.45, 7) is 2.29. The quantitative estimate of drug-likeness (QED) is 0.910. The van der Waals surface area contributed by atoms with Gasteiger partial charge in [0, 0.05) is 24.7 Å². The first-order chi connectivity index (χ1) is 8.66. The van der Waals surface area contributed by atoms with E-state index in [2.05, 4.69) is 28.3 Å². The second kappa shape index (κ2) is 4.70. The molecule has 0 spiro atoms. The molecule has 1 aliphatic heterocycles. The maximum atomic E-state index is 6.03. The average molecular weight is 266 g/mol. The van der Waals surface area contributed by atoms with Crippen LogP contribution in [0.15, 0.2) is 0 Å². The summed E-state index contributed by atoms with van der Waals surface area (Å²) in [7, 11) is 4.36. The van der Waals surface area contributed by atoms with Gasteiger partial charge in [0.25, 0.3) is 0 Å². The van der Waals surface area contributed by atoms with E-state index in [4.69, 9.17) is 5.73 Å². The lowest BCUT2D eigenvalue weighted by molar-refractivity contribution is 0.250. The lowest BCUT2D eigenvalue weighted by Crippen LogP contribution is -2.41. The van der Waals surface area contributed by atoms with Crippen LogP contribution in [-0.2, 0) is 0 Å². The van der Waals surface area contributed by atoms with Crippen molar-refractivity contribution in [2.45, 2.75) is 37.6 Å². The van der Waals surface area contributed by atoms with Crippen LogP contribution in [0.3, 0.4) is 0 Å². The summed E-state index contributed by atoms with van der Waals surface area (Å²) in [4.78, 5) is 4.85. The first-order valence-corrected chi connectivity index (χ1v) is 7.60. The molecule has 2 aliphatic rings. The number of nitrogen functional groups attached to an aromatic ring is 1. The molecule has 0 aromatic carbocycles. The molecule has 100 valence electrons. The molecule has 1 aromatic rings. The molecule has 4 nitrogen and oxygen atoms in total. The SMILES string of the molecule is CN(C)C1CCN(c2snc(N)c2C2CC2)CC1. The van der Waals surface area contributed by atoms with Crippen molar-refractivity contribution in [1.29, 1.82) is 0 Å². The van der Waals surface area contributed by atoms with Crippen molar-refractivity contribution in [3.8, 4) is 0 Å². The van der Waals surface area contributed by atoms with Gasteiger partial charge in [0.1, 0.15) is 10.8 Å². The monoisotopic (exact) mass is 266 g/mol. The zero-order valence-corrected chi connectivity index (χ0v) is 12.0. The van der Waals surface area contributed by atoms with Crippen LogP contribution in [0, 0.1) is 0 Å². The van der Waals surface area contributed by atoms with E-state index in [1.807, 2.05) is 0 Å². The third-order valence-corrected chi connectivity index (χ3v) is 5.14. The third-order valence-electron chi connectivity index (χ3n) is 4.20. The third kappa shape index (κ3) is 2.21. The Bertz CT molecular complexity index is 417. The van der Waals surface area contributed by atoms with Crippen LogP contribution in [0.4, 0.5) is 10.8 Å². The van der Waals surface area contributed by atoms with Gasteiger partial charge < -0.3 is 15.5 Å². The van der Waals surface area contributed by atoms with Crippen LogP contribution >= 0.6 is 11.5 Å². The van der Waals surface area contributed by atoms with E-state index in [-0.39, 0.29) is 0 Å². The van der Waals surface area contributed by atoms with Crippen molar-refractivity contribution in [3.05, 3.63) is 5.56 Å². The fraction of sp³-hybridized carbons (Fsp3) is 0.769. The number of hydrogen-bond donors (Lipinski definition) is 1. The van der Waals surface area contributed by atoms with Crippen LogP contribution in [0.25, 0.3) is 0 Å². The predicted octanol–water partition coefficient (Wildman–Crippen LogP) is 2.13. The van der Waals surface area contributed by atoms with Crippen molar-refractivity contribution in [1.82, 2.24) is 9.27 Å². The van der Waals surface area contributed by atoms with Gasteiger partial charge in [-0.25, -0.2) is 0 Å². The Morgan fingerprint density at radius 3 is 2.44 bits per heavy atom. The van der Waals surface area contributed by atoms with E-state index < -0.39 is 0 Å². The smallest absolute Gasteiger partial charge is 0.142 e. The predicted molar refractivity (Wildman–Crippen MR) is 77.4 cm³/mol. The highest BCUT2D eigenvalue weighted by molar-refractivity contribution is 7.10. The highest BCUT2D eigenvalue weighted by Gasteiger charge is 2.33. The van der Waals surface area contributed by atoms with Crippen LogP contribution < -0.4 is 10.6 Å². The summed E-state index contributed by atoms with van der Waals surface area (Å²) < 4.78 is 4.37. The number of aromatic nitrogens is 1. The molecule has 0 radical (unpaired) electrons. The summed E-state index contributed by atoms with van der Waals surface area (Å²) in [5, 5.41) is 1.35. The van der Waals surface area contributed by atoms with Gasteiger partial charge in [-0.05, 0) is 57.2 Å². The molecule has 1 saturated carbocycles. The fourth-order valence-electron chi connectivity index (χ4n) is 2.87. The molecule has 0 unspecified atom stereocenters. The molecule has 0 amide bonds. The zero-order valence-electron chi connectivity index (χ0n) is 11.2. The van der Waals surface area contributed by atoms with Gasteiger partial charge in [0.2, 0.25) is 0 Å².